The number of aromatic nitrogens is 3. The Hall–Kier alpha value is -2.94. The van der Waals surface area contributed by atoms with Gasteiger partial charge in [0.1, 0.15) is 5.01 Å². The summed E-state index contributed by atoms with van der Waals surface area (Å²) in [7, 11) is 0. The molecule has 8 nitrogen and oxygen atoms in total. The van der Waals surface area contributed by atoms with Gasteiger partial charge in [0.2, 0.25) is 17.8 Å². The predicted molar refractivity (Wildman–Crippen MR) is 85.0 cm³/mol. The van der Waals surface area contributed by atoms with Gasteiger partial charge >= 0.3 is 0 Å². The topological polar surface area (TPSA) is 99.4 Å². The summed E-state index contributed by atoms with van der Waals surface area (Å²) in [4.78, 5) is 12.0. The molecule has 0 bridgehead atoms. The highest BCUT2D eigenvalue weighted by Gasteiger charge is 2.17. The third-order valence-corrected chi connectivity index (χ3v) is 4.08. The van der Waals surface area contributed by atoms with Crippen LogP contribution in [0.15, 0.2) is 28.8 Å². The van der Waals surface area contributed by atoms with Gasteiger partial charge in [-0.1, -0.05) is 16.5 Å². The summed E-state index contributed by atoms with van der Waals surface area (Å²) in [6.45, 7) is 2.04. The molecule has 3 aromatic rings. The Morgan fingerprint density at radius 3 is 2.96 bits per heavy atom. The Morgan fingerprint density at radius 1 is 1.25 bits per heavy atom. The van der Waals surface area contributed by atoms with E-state index in [1.807, 2.05) is 25.1 Å². The van der Waals surface area contributed by atoms with Gasteiger partial charge in [0.05, 0.1) is 12.1 Å². The van der Waals surface area contributed by atoms with E-state index < -0.39 is 0 Å². The largest absolute Gasteiger partial charge is 0.454 e. The van der Waals surface area contributed by atoms with Crippen LogP contribution in [0.3, 0.4) is 0 Å². The van der Waals surface area contributed by atoms with E-state index in [4.69, 9.17) is 14.0 Å². The molecule has 1 N–H and O–H groups in total. The number of rotatable bonds is 4. The minimum absolute atomic E-state index is 0.0900. The third kappa shape index (κ3) is 2.93. The molecule has 1 amide bonds. The molecule has 0 radical (unpaired) electrons. The van der Waals surface area contributed by atoms with Crippen LogP contribution >= 0.6 is 11.3 Å². The molecular weight excluding hydrogens is 332 g/mol. The van der Waals surface area contributed by atoms with Crippen LogP contribution in [-0.4, -0.2) is 28.1 Å². The first-order chi connectivity index (χ1) is 11.7. The predicted octanol–water partition coefficient (Wildman–Crippen LogP) is 2.41. The summed E-state index contributed by atoms with van der Waals surface area (Å²) in [6, 6.07) is 7.20. The SMILES string of the molecule is Cc1nnc(NC(=O)Cc2cc(-c3ccc4c(c3)OCO4)on2)s1. The van der Waals surface area contributed by atoms with Crippen LogP contribution in [0.2, 0.25) is 0 Å². The number of carbonyl (C=O) groups excluding carboxylic acids is 1. The first-order valence-electron chi connectivity index (χ1n) is 7.13. The van der Waals surface area contributed by atoms with Crippen LogP contribution in [0.25, 0.3) is 11.3 Å². The van der Waals surface area contributed by atoms with Crippen molar-refractivity contribution >= 4 is 22.4 Å². The van der Waals surface area contributed by atoms with Crippen molar-refractivity contribution in [1.82, 2.24) is 15.4 Å². The van der Waals surface area contributed by atoms with Crippen LogP contribution in [0, 0.1) is 6.92 Å². The first-order valence-corrected chi connectivity index (χ1v) is 7.94. The zero-order chi connectivity index (χ0) is 16.5. The Kier molecular flexibility index (Phi) is 3.62. The van der Waals surface area contributed by atoms with E-state index in [2.05, 4.69) is 20.7 Å². The monoisotopic (exact) mass is 344 g/mol. The molecule has 0 saturated carbocycles. The zero-order valence-corrected chi connectivity index (χ0v) is 13.4. The van der Waals surface area contributed by atoms with E-state index in [9.17, 15) is 4.79 Å². The van der Waals surface area contributed by atoms with Crippen LogP contribution < -0.4 is 14.8 Å². The molecule has 9 heteroatoms. The number of fused-ring (bicyclic) bond motifs is 1. The highest BCUT2D eigenvalue weighted by atomic mass is 32.1. The lowest BCUT2D eigenvalue weighted by atomic mass is 10.1. The van der Waals surface area contributed by atoms with E-state index in [1.165, 1.54) is 11.3 Å². The second-order valence-corrected chi connectivity index (χ2v) is 6.28. The van der Waals surface area contributed by atoms with Crippen molar-refractivity contribution in [3.8, 4) is 22.8 Å². The molecule has 4 rings (SSSR count). The summed E-state index contributed by atoms with van der Waals surface area (Å²) in [5, 5.41) is 15.6. The summed E-state index contributed by atoms with van der Waals surface area (Å²) in [5.41, 5.74) is 1.33. The second-order valence-electron chi connectivity index (χ2n) is 5.10. The number of hydrogen-bond donors (Lipinski definition) is 1. The maximum Gasteiger partial charge on any atom is 0.232 e. The highest BCUT2D eigenvalue weighted by molar-refractivity contribution is 7.15. The van der Waals surface area contributed by atoms with Crippen molar-refractivity contribution in [3.63, 3.8) is 0 Å². The van der Waals surface area contributed by atoms with Crippen molar-refractivity contribution < 1.29 is 18.8 Å². The van der Waals surface area contributed by atoms with Crippen molar-refractivity contribution in [3.05, 3.63) is 35.0 Å². The molecule has 1 aliphatic rings. The van der Waals surface area contributed by atoms with Crippen molar-refractivity contribution in [2.24, 2.45) is 0 Å². The van der Waals surface area contributed by atoms with E-state index in [1.54, 1.807) is 6.07 Å². The number of nitrogens with zero attached hydrogens (tertiary/aromatic N) is 3. The summed E-state index contributed by atoms with van der Waals surface area (Å²) >= 11 is 1.32. The van der Waals surface area contributed by atoms with Crippen molar-refractivity contribution in [1.29, 1.82) is 0 Å². The smallest absolute Gasteiger partial charge is 0.232 e. The molecule has 122 valence electrons. The zero-order valence-electron chi connectivity index (χ0n) is 12.6. The fourth-order valence-corrected chi connectivity index (χ4v) is 2.86. The Morgan fingerprint density at radius 2 is 2.12 bits per heavy atom. The molecular formula is C15H12N4O4S. The molecule has 1 aliphatic heterocycles. The molecule has 0 unspecified atom stereocenters. The number of nitrogens with one attached hydrogen (secondary N) is 1. The lowest BCUT2D eigenvalue weighted by Crippen LogP contribution is -2.14. The maximum absolute atomic E-state index is 12.0. The van der Waals surface area contributed by atoms with E-state index in [-0.39, 0.29) is 19.1 Å². The Bertz CT molecular complexity index is 905. The van der Waals surface area contributed by atoms with Gasteiger partial charge in [0, 0.05) is 11.6 Å². The number of carbonyl (C=O) groups is 1. The minimum atomic E-state index is -0.225. The molecule has 3 heterocycles. The van der Waals surface area contributed by atoms with Gasteiger partial charge < -0.3 is 19.3 Å². The summed E-state index contributed by atoms with van der Waals surface area (Å²) in [6.07, 6.45) is 0.0900. The molecule has 24 heavy (non-hydrogen) atoms. The average Bonchev–Trinajstić information content (AvgIpc) is 3.27. The molecule has 0 saturated heterocycles. The fourth-order valence-electron chi connectivity index (χ4n) is 2.26. The lowest BCUT2D eigenvalue weighted by molar-refractivity contribution is -0.115. The Labute approximate surface area is 140 Å². The quantitative estimate of drug-likeness (QED) is 0.776. The Balaban J connectivity index is 1.45. The summed E-state index contributed by atoms with van der Waals surface area (Å²) < 4.78 is 15.9. The summed E-state index contributed by atoms with van der Waals surface area (Å²) in [5.74, 6) is 1.69. The van der Waals surface area contributed by atoms with Gasteiger partial charge in [-0.15, -0.1) is 10.2 Å². The van der Waals surface area contributed by atoms with Gasteiger partial charge in [0.25, 0.3) is 0 Å². The average molecular weight is 344 g/mol. The van der Waals surface area contributed by atoms with Crippen LogP contribution in [0.5, 0.6) is 11.5 Å². The fraction of sp³-hybridized carbons (Fsp3) is 0.200. The number of benzene rings is 1. The molecule has 0 fully saturated rings. The van der Waals surface area contributed by atoms with Crippen molar-refractivity contribution in [2.45, 2.75) is 13.3 Å². The normalized spacial score (nSPS) is 12.4. The van der Waals surface area contributed by atoms with Gasteiger partial charge in [-0.3, -0.25) is 4.79 Å². The number of amides is 1. The van der Waals surface area contributed by atoms with Crippen LogP contribution in [-0.2, 0) is 11.2 Å². The first kappa shape index (κ1) is 14.6. The molecule has 0 spiro atoms. The van der Waals surface area contributed by atoms with Crippen molar-refractivity contribution in [2.75, 3.05) is 12.1 Å². The number of aryl methyl sites for hydroxylation is 1. The number of ether oxygens (including phenoxy) is 2. The number of anilines is 1. The second kappa shape index (κ2) is 5.93. The van der Waals surface area contributed by atoms with Crippen LogP contribution in [0.4, 0.5) is 5.13 Å². The maximum atomic E-state index is 12.0. The lowest BCUT2D eigenvalue weighted by Gasteiger charge is -1.98. The van der Waals surface area contributed by atoms with Gasteiger partial charge in [-0.25, -0.2) is 0 Å². The minimum Gasteiger partial charge on any atom is -0.454 e. The molecule has 0 aliphatic carbocycles. The van der Waals surface area contributed by atoms with Gasteiger partial charge in [-0.2, -0.15) is 0 Å². The third-order valence-electron chi connectivity index (χ3n) is 3.33. The van der Waals surface area contributed by atoms with E-state index in [0.29, 0.717) is 28.1 Å². The number of hydrogen-bond acceptors (Lipinski definition) is 8. The highest BCUT2D eigenvalue weighted by Crippen LogP contribution is 2.36. The molecule has 2 aromatic heterocycles. The van der Waals surface area contributed by atoms with E-state index >= 15 is 0 Å². The standard InChI is InChI=1S/C15H12N4O4S/c1-8-17-18-15(24-8)16-14(20)6-10-5-12(23-19-10)9-2-3-11-13(4-9)22-7-21-11/h2-5H,6-7H2,1H3,(H,16,18,20). The molecule has 0 atom stereocenters. The van der Waals surface area contributed by atoms with E-state index in [0.717, 1.165) is 10.6 Å². The van der Waals surface area contributed by atoms with Crippen LogP contribution in [0.1, 0.15) is 10.7 Å². The van der Waals surface area contributed by atoms with Gasteiger partial charge in [0.15, 0.2) is 17.3 Å². The molecule has 1 aromatic carbocycles. The van der Waals surface area contributed by atoms with Gasteiger partial charge in [-0.05, 0) is 25.1 Å².